The van der Waals surface area contributed by atoms with Crippen LogP contribution in [-0.2, 0) is 9.09 Å². The van der Waals surface area contributed by atoms with Crippen molar-refractivity contribution >= 4 is 13.9 Å². The summed E-state index contributed by atoms with van der Waals surface area (Å²) in [6.45, 7) is 3.90. The first-order valence-corrected chi connectivity index (χ1v) is 12.1. The van der Waals surface area contributed by atoms with Crippen LogP contribution in [0.5, 0.6) is 0 Å². The van der Waals surface area contributed by atoms with Crippen molar-refractivity contribution in [3.8, 4) is 0 Å². The normalized spacial score (nSPS) is 11.7. The predicted octanol–water partition coefficient (Wildman–Crippen LogP) is 2.69. The number of phosphoric ester groups is 1. The topological polar surface area (TPSA) is 133 Å². The number of urea groups is 1. The van der Waals surface area contributed by atoms with Gasteiger partial charge < -0.3 is 30.0 Å². The van der Waals surface area contributed by atoms with Crippen molar-refractivity contribution in [2.24, 2.45) is 5.73 Å². The number of quaternary nitrogens is 1. The van der Waals surface area contributed by atoms with Crippen molar-refractivity contribution in [2.45, 2.75) is 64.7 Å². The lowest BCUT2D eigenvalue weighted by molar-refractivity contribution is -0.870. The quantitative estimate of drug-likeness (QED) is 0.165. The van der Waals surface area contributed by atoms with Crippen LogP contribution in [0.15, 0.2) is 0 Å². The Bertz CT molecular complexity index is 440. The van der Waals surface area contributed by atoms with E-state index in [4.69, 9.17) is 20.6 Å². The highest BCUT2D eigenvalue weighted by atomic mass is 31.2. The van der Waals surface area contributed by atoms with Crippen LogP contribution < -0.4 is 5.73 Å². The molecule has 10 heteroatoms. The van der Waals surface area contributed by atoms with E-state index in [1.165, 1.54) is 49.8 Å². The minimum absolute atomic E-state index is 0.0135. The number of hydrogen-bond acceptors (Lipinski definition) is 4. The summed E-state index contributed by atoms with van der Waals surface area (Å²) in [4.78, 5) is 29.1. The Morgan fingerprint density at radius 1 is 0.966 bits per heavy atom. The Hall–Kier alpha value is -0.700. The smallest absolute Gasteiger partial charge is 0.395 e. The summed E-state index contributed by atoms with van der Waals surface area (Å²) >= 11 is 0. The van der Waals surface area contributed by atoms with E-state index in [-0.39, 0.29) is 13.2 Å². The first kappa shape index (κ1) is 30.5. The number of unbranched alkanes of at least 4 members (excludes halogenated alkanes) is 8. The lowest BCUT2D eigenvalue weighted by atomic mass is 10.1. The molecule has 0 radical (unpaired) electrons. The van der Waals surface area contributed by atoms with E-state index in [0.717, 1.165) is 12.8 Å². The van der Waals surface area contributed by atoms with Gasteiger partial charge >= 0.3 is 13.9 Å². The third-order valence-electron chi connectivity index (χ3n) is 4.23. The van der Waals surface area contributed by atoms with Crippen molar-refractivity contribution in [2.75, 3.05) is 54.0 Å². The van der Waals surface area contributed by atoms with Gasteiger partial charge in [0, 0.05) is 13.1 Å². The first-order valence-electron chi connectivity index (χ1n) is 10.6. The second-order valence-electron chi connectivity index (χ2n) is 8.22. The highest BCUT2D eigenvalue weighted by molar-refractivity contribution is 7.46. The number of primary amides is 1. The lowest BCUT2D eigenvalue weighted by Crippen LogP contribution is -2.38. The maximum atomic E-state index is 11.0. The van der Waals surface area contributed by atoms with Gasteiger partial charge in [-0.3, -0.25) is 4.52 Å². The molecular formula is C19H45N3O6P+. The van der Waals surface area contributed by atoms with Crippen LogP contribution in [0.25, 0.3) is 0 Å². The van der Waals surface area contributed by atoms with Crippen molar-refractivity contribution in [3.63, 3.8) is 0 Å². The molecule has 0 spiro atoms. The molecule has 0 fully saturated rings. The van der Waals surface area contributed by atoms with Gasteiger partial charge in [0.1, 0.15) is 13.2 Å². The maximum absolute atomic E-state index is 11.0. The van der Waals surface area contributed by atoms with E-state index in [9.17, 15) is 9.36 Å². The molecule has 0 atom stereocenters. The number of phosphoric acid groups is 1. The Labute approximate surface area is 177 Å². The molecule has 0 aromatic heterocycles. The van der Waals surface area contributed by atoms with Crippen molar-refractivity contribution in [1.82, 2.24) is 4.90 Å². The molecule has 0 unspecified atom stereocenters. The molecule has 0 bridgehead atoms. The third kappa shape index (κ3) is 27.3. The van der Waals surface area contributed by atoms with E-state index in [0.29, 0.717) is 24.1 Å². The molecular weight excluding hydrogens is 397 g/mol. The number of amides is 2. The van der Waals surface area contributed by atoms with Gasteiger partial charge in [-0.15, -0.1) is 0 Å². The summed E-state index contributed by atoms with van der Waals surface area (Å²) in [6.07, 6.45) is 11.4. The van der Waals surface area contributed by atoms with Crippen LogP contribution in [0.4, 0.5) is 4.79 Å². The summed E-state index contributed by atoms with van der Waals surface area (Å²) in [5.74, 6) is 0. The maximum Gasteiger partial charge on any atom is 0.469 e. The SMILES string of the molecule is CCCCCCCCCCCN(CCO)C(N)=O.C[N+](C)(C)CCOP(=O)(O)O. The lowest BCUT2D eigenvalue weighted by Gasteiger charge is -2.23. The zero-order valence-corrected chi connectivity index (χ0v) is 19.8. The Balaban J connectivity index is 0. The minimum atomic E-state index is -4.26. The average molecular weight is 443 g/mol. The summed E-state index contributed by atoms with van der Waals surface area (Å²) in [5, 5.41) is 8.78. The van der Waals surface area contributed by atoms with E-state index in [1.807, 2.05) is 21.1 Å². The van der Waals surface area contributed by atoms with Crippen LogP contribution >= 0.6 is 7.82 Å². The summed E-state index contributed by atoms with van der Waals surface area (Å²) in [5.41, 5.74) is 5.21. The van der Waals surface area contributed by atoms with Crippen LogP contribution in [0.1, 0.15) is 64.7 Å². The van der Waals surface area contributed by atoms with Crippen LogP contribution in [-0.4, -0.2) is 84.3 Å². The standard InChI is InChI=1S/C14H30N2O2.C5H14NO4P/c1-2-3-4-5-6-7-8-9-10-11-16(12-13-17)14(15)18;1-6(2,3)4-5-10-11(7,8)9/h17H,2-13H2,1H3,(H2,15,18);4-5H2,1-3H3,(H-,7,8,9)/p+1. The number of rotatable bonds is 16. The molecule has 0 heterocycles. The van der Waals surface area contributed by atoms with E-state index < -0.39 is 13.9 Å². The first-order chi connectivity index (χ1) is 13.4. The number of aliphatic hydroxyl groups excluding tert-OH is 1. The Morgan fingerprint density at radius 3 is 1.83 bits per heavy atom. The van der Waals surface area contributed by atoms with E-state index in [1.54, 1.807) is 0 Å². The fourth-order valence-corrected chi connectivity index (χ4v) is 2.82. The Morgan fingerprint density at radius 2 is 1.45 bits per heavy atom. The Kier molecular flexibility index (Phi) is 19.0. The van der Waals surface area contributed by atoms with Crippen LogP contribution in [0.3, 0.4) is 0 Å². The highest BCUT2D eigenvalue weighted by Crippen LogP contribution is 2.35. The van der Waals surface area contributed by atoms with Gasteiger partial charge in [-0.25, -0.2) is 9.36 Å². The van der Waals surface area contributed by atoms with Gasteiger partial charge in [-0.1, -0.05) is 58.3 Å². The van der Waals surface area contributed by atoms with Crippen LogP contribution in [0, 0.1) is 0 Å². The van der Waals surface area contributed by atoms with Crippen molar-refractivity contribution in [3.05, 3.63) is 0 Å². The number of hydrogen-bond donors (Lipinski definition) is 4. The third-order valence-corrected chi connectivity index (χ3v) is 4.75. The summed E-state index contributed by atoms with van der Waals surface area (Å²) < 4.78 is 15.1. The predicted molar refractivity (Wildman–Crippen MR) is 116 cm³/mol. The number of carbonyl (C=O) groups is 1. The van der Waals surface area contributed by atoms with Gasteiger partial charge in [0.05, 0.1) is 27.7 Å². The van der Waals surface area contributed by atoms with E-state index in [2.05, 4.69) is 11.4 Å². The summed E-state index contributed by atoms with van der Waals surface area (Å²) in [6, 6.07) is -0.427. The zero-order chi connectivity index (χ0) is 22.8. The number of nitrogens with two attached hydrogens (primary N) is 1. The summed E-state index contributed by atoms with van der Waals surface area (Å²) in [7, 11) is 1.50. The molecule has 29 heavy (non-hydrogen) atoms. The molecule has 0 saturated carbocycles. The molecule has 0 aliphatic rings. The van der Waals surface area contributed by atoms with Crippen molar-refractivity contribution < 1.29 is 33.3 Å². The molecule has 2 amide bonds. The number of nitrogens with zero attached hydrogens (tertiary/aromatic N) is 2. The number of carbonyl (C=O) groups excluding carboxylic acids is 1. The molecule has 9 nitrogen and oxygen atoms in total. The van der Waals surface area contributed by atoms with Gasteiger partial charge in [0.25, 0.3) is 0 Å². The largest absolute Gasteiger partial charge is 0.469 e. The van der Waals surface area contributed by atoms with Gasteiger partial charge in [-0.05, 0) is 6.42 Å². The van der Waals surface area contributed by atoms with Gasteiger partial charge in [-0.2, -0.15) is 0 Å². The minimum Gasteiger partial charge on any atom is -0.395 e. The monoisotopic (exact) mass is 442 g/mol. The molecule has 0 aromatic rings. The fourth-order valence-electron chi connectivity index (χ4n) is 2.50. The van der Waals surface area contributed by atoms with Crippen molar-refractivity contribution in [1.29, 1.82) is 0 Å². The number of aliphatic hydroxyl groups is 1. The van der Waals surface area contributed by atoms with Gasteiger partial charge in [0.2, 0.25) is 0 Å². The molecule has 0 aliphatic carbocycles. The molecule has 0 saturated heterocycles. The molecule has 0 rings (SSSR count). The number of likely N-dealkylation sites (N-methyl/N-ethyl adjacent to an activating group) is 1. The van der Waals surface area contributed by atoms with E-state index >= 15 is 0 Å². The zero-order valence-electron chi connectivity index (χ0n) is 18.9. The highest BCUT2D eigenvalue weighted by Gasteiger charge is 2.16. The van der Waals surface area contributed by atoms with Gasteiger partial charge in [0.15, 0.2) is 0 Å². The molecule has 0 aromatic carbocycles. The fraction of sp³-hybridized carbons (Fsp3) is 0.947. The molecule has 176 valence electrons. The average Bonchev–Trinajstić information content (AvgIpc) is 2.57. The second-order valence-corrected chi connectivity index (χ2v) is 9.45. The second kappa shape index (κ2) is 18.1. The van der Waals surface area contributed by atoms with Crippen LogP contribution in [0.2, 0.25) is 0 Å². The molecule has 0 aliphatic heterocycles. The molecule has 5 N–H and O–H groups in total.